The highest BCUT2D eigenvalue weighted by Gasteiger charge is 2.25. The van der Waals surface area contributed by atoms with Gasteiger partial charge in [-0.15, -0.1) is 0 Å². The van der Waals surface area contributed by atoms with E-state index in [1.807, 2.05) is 12.2 Å². The van der Waals surface area contributed by atoms with Crippen LogP contribution >= 0.6 is 0 Å². The Morgan fingerprint density at radius 3 is 2.44 bits per heavy atom. The molecule has 0 saturated heterocycles. The van der Waals surface area contributed by atoms with Crippen molar-refractivity contribution in [3.05, 3.63) is 42.0 Å². The summed E-state index contributed by atoms with van der Waals surface area (Å²) in [6.45, 7) is 0. The van der Waals surface area contributed by atoms with Crippen molar-refractivity contribution < 1.29 is 14.7 Å². The van der Waals surface area contributed by atoms with Gasteiger partial charge in [-0.2, -0.15) is 0 Å². The number of carboxylic acids is 1. The van der Waals surface area contributed by atoms with Crippen LogP contribution in [0.1, 0.15) is 23.2 Å². The summed E-state index contributed by atoms with van der Waals surface area (Å²) < 4.78 is 0. The largest absolute Gasteiger partial charge is 0.478 e. The van der Waals surface area contributed by atoms with Gasteiger partial charge in [0.1, 0.15) is 0 Å². The smallest absolute Gasteiger partial charge is 0.337 e. The molecule has 0 aromatic heterocycles. The van der Waals surface area contributed by atoms with Crippen LogP contribution in [0.2, 0.25) is 0 Å². The zero-order chi connectivity index (χ0) is 13.1. The zero-order valence-electron chi connectivity index (χ0n) is 10.2. The number of para-hydroxylation sites is 1. The Balaban J connectivity index is 2.25. The number of nitrogens with zero attached hydrogens (tertiary/aromatic N) is 1. The molecule has 0 heterocycles. The number of carboxylic acid groups (broad SMARTS) is 1. The Labute approximate surface area is 106 Å². The first-order valence-corrected chi connectivity index (χ1v) is 5.86. The molecule has 0 atom stereocenters. The number of hydrogen-bond donors (Lipinski definition) is 1. The summed E-state index contributed by atoms with van der Waals surface area (Å²) in [5, 5.41) is 9.11. The molecule has 94 valence electrons. The second-order valence-electron chi connectivity index (χ2n) is 4.36. The highest BCUT2D eigenvalue weighted by Crippen LogP contribution is 2.25. The molecule has 0 aliphatic heterocycles. The molecule has 4 heteroatoms. The monoisotopic (exact) mass is 245 g/mol. The van der Waals surface area contributed by atoms with E-state index in [1.54, 1.807) is 25.2 Å². The highest BCUT2D eigenvalue weighted by molar-refractivity contribution is 6.02. The maximum Gasteiger partial charge on any atom is 0.337 e. The number of amides is 1. The molecule has 18 heavy (non-hydrogen) atoms. The van der Waals surface area contributed by atoms with E-state index >= 15 is 0 Å². The van der Waals surface area contributed by atoms with Crippen molar-refractivity contribution in [2.75, 3.05) is 11.9 Å². The second-order valence-corrected chi connectivity index (χ2v) is 4.36. The zero-order valence-corrected chi connectivity index (χ0v) is 10.2. The predicted octanol–water partition coefficient (Wildman–Crippen LogP) is 2.31. The summed E-state index contributed by atoms with van der Waals surface area (Å²) in [6, 6.07) is 6.55. The first-order valence-electron chi connectivity index (χ1n) is 5.86. The minimum atomic E-state index is -1.02. The Morgan fingerprint density at radius 2 is 1.83 bits per heavy atom. The van der Waals surface area contributed by atoms with Gasteiger partial charge in [-0.1, -0.05) is 24.3 Å². The second kappa shape index (κ2) is 5.04. The number of benzene rings is 1. The molecule has 0 spiro atoms. The Kier molecular flexibility index (Phi) is 3.46. The maximum absolute atomic E-state index is 12.2. The fourth-order valence-electron chi connectivity index (χ4n) is 2.16. The third-order valence-electron chi connectivity index (χ3n) is 3.18. The molecule has 1 aliphatic carbocycles. The van der Waals surface area contributed by atoms with Gasteiger partial charge in [0.05, 0.1) is 11.3 Å². The van der Waals surface area contributed by atoms with E-state index in [-0.39, 0.29) is 17.4 Å². The fraction of sp³-hybridized carbons (Fsp3) is 0.286. The molecular formula is C14H15NO3. The Hall–Kier alpha value is -2.10. The van der Waals surface area contributed by atoms with Gasteiger partial charge < -0.3 is 10.0 Å². The molecule has 4 nitrogen and oxygen atoms in total. The first-order chi connectivity index (χ1) is 8.61. The van der Waals surface area contributed by atoms with E-state index in [0.29, 0.717) is 5.69 Å². The van der Waals surface area contributed by atoms with Gasteiger partial charge in [-0.05, 0) is 25.0 Å². The van der Waals surface area contributed by atoms with Crippen LogP contribution in [0.4, 0.5) is 5.69 Å². The minimum Gasteiger partial charge on any atom is -0.478 e. The lowest BCUT2D eigenvalue weighted by atomic mass is 10.0. The number of aromatic carboxylic acids is 1. The fourth-order valence-corrected chi connectivity index (χ4v) is 2.16. The van der Waals surface area contributed by atoms with E-state index in [9.17, 15) is 9.59 Å². The summed E-state index contributed by atoms with van der Waals surface area (Å²) in [7, 11) is 1.63. The van der Waals surface area contributed by atoms with E-state index < -0.39 is 5.97 Å². The van der Waals surface area contributed by atoms with Crippen molar-refractivity contribution in [2.24, 2.45) is 5.92 Å². The number of carbonyl (C=O) groups is 2. The summed E-state index contributed by atoms with van der Waals surface area (Å²) >= 11 is 0. The third kappa shape index (κ3) is 2.27. The molecule has 0 saturated carbocycles. The van der Waals surface area contributed by atoms with Gasteiger partial charge in [0.2, 0.25) is 5.91 Å². The molecule has 0 radical (unpaired) electrons. The van der Waals surface area contributed by atoms with E-state index in [0.717, 1.165) is 12.8 Å². The Bertz CT molecular complexity index is 500. The van der Waals surface area contributed by atoms with Crippen LogP contribution in [-0.4, -0.2) is 24.0 Å². The lowest BCUT2D eigenvalue weighted by Gasteiger charge is -2.22. The molecule has 0 fully saturated rings. The van der Waals surface area contributed by atoms with Crippen molar-refractivity contribution in [1.29, 1.82) is 0 Å². The topological polar surface area (TPSA) is 57.6 Å². The SMILES string of the molecule is CN(C(=O)C1CC=CC1)c1ccccc1C(=O)O. The van der Waals surface area contributed by atoms with Gasteiger partial charge in [0.25, 0.3) is 0 Å². The van der Waals surface area contributed by atoms with Gasteiger partial charge in [-0.3, -0.25) is 4.79 Å². The predicted molar refractivity (Wildman–Crippen MR) is 68.7 cm³/mol. The van der Waals surface area contributed by atoms with Crippen LogP contribution in [-0.2, 0) is 4.79 Å². The van der Waals surface area contributed by atoms with Crippen LogP contribution in [0, 0.1) is 5.92 Å². The van der Waals surface area contributed by atoms with Crippen molar-refractivity contribution in [3.63, 3.8) is 0 Å². The summed E-state index contributed by atoms with van der Waals surface area (Å²) in [4.78, 5) is 24.8. The third-order valence-corrected chi connectivity index (χ3v) is 3.18. The number of allylic oxidation sites excluding steroid dienone is 2. The average Bonchev–Trinajstić information content (AvgIpc) is 2.90. The molecule has 1 aromatic rings. The molecule has 1 aliphatic rings. The van der Waals surface area contributed by atoms with Gasteiger partial charge in [-0.25, -0.2) is 4.79 Å². The quantitative estimate of drug-likeness (QED) is 0.831. The van der Waals surface area contributed by atoms with Gasteiger partial charge >= 0.3 is 5.97 Å². The number of carbonyl (C=O) groups excluding carboxylic acids is 1. The van der Waals surface area contributed by atoms with Gasteiger partial charge in [0, 0.05) is 13.0 Å². The molecular weight excluding hydrogens is 230 g/mol. The molecule has 0 bridgehead atoms. The normalized spacial score (nSPS) is 14.7. The highest BCUT2D eigenvalue weighted by atomic mass is 16.4. The van der Waals surface area contributed by atoms with E-state index in [4.69, 9.17) is 5.11 Å². The molecule has 2 rings (SSSR count). The summed E-state index contributed by atoms with van der Waals surface area (Å²) in [6.07, 6.45) is 5.44. The van der Waals surface area contributed by atoms with Crippen molar-refractivity contribution in [3.8, 4) is 0 Å². The van der Waals surface area contributed by atoms with Crippen LogP contribution in [0.5, 0.6) is 0 Å². The average molecular weight is 245 g/mol. The molecule has 1 amide bonds. The van der Waals surface area contributed by atoms with Crippen molar-refractivity contribution in [1.82, 2.24) is 0 Å². The molecule has 1 aromatic carbocycles. The van der Waals surface area contributed by atoms with Crippen LogP contribution in [0.15, 0.2) is 36.4 Å². The summed E-state index contributed by atoms with van der Waals surface area (Å²) in [5.41, 5.74) is 0.598. The molecule has 1 N–H and O–H groups in total. The number of rotatable bonds is 3. The number of anilines is 1. The number of hydrogen-bond acceptors (Lipinski definition) is 2. The van der Waals surface area contributed by atoms with E-state index in [2.05, 4.69) is 0 Å². The molecule has 0 unspecified atom stereocenters. The van der Waals surface area contributed by atoms with Crippen molar-refractivity contribution in [2.45, 2.75) is 12.8 Å². The van der Waals surface area contributed by atoms with E-state index in [1.165, 1.54) is 11.0 Å². The lowest BCUT2D eigenvalue weighted by molar-refractivity contribution is -0.121. The Morgan fingerprint density at radius 1 is 1.22 bits per heavy atom. The minimum absolute atomic E-state index is 0.0336. The lowest BCUT2D eigenvalue weighted by Crippen LogP contribution is -2.32. The maximum atomic E-state index is 12.2. The van der Waals surface area contributed by atoms with Crippen molar-refractivity contribution >= 4 is 17.6 Å². The first kappa shape index (κ1) is 12.4. The summed E-state index contributed by atoms with van der Waals surface area (Å²) in [5.74, 6) is -1.11. The standard InChI is InChI=1S/C14H15NO3/c1-15(13(16)10-6-2-3-7-10)12-9-5-4-8-11(12)14(17)18/h2-5,8-10H,6-7H2,1H3,(H,17,18). The van der Waals surface area contributed by atoms with Crippen LogP contribution in [0.25, 0.3) is 0 Å². The van der Waals surface area contributed by atoms with Crippen LogP contribution < -0.4 is 4.90 Å². The van der Waals surface area contributed by atoms with Crippen LogP contribution in [0.3, 0.4) is 0 Å². The van der Waals surface area contributed by atoms with Gasteiger partial charge in [0.15, 0.2) is 0 Å².